The fourth-order valence-corrected chi connectivity index (χ4v) is 2.18. The van der Waals surface area contributed by atoms with Crippen LogP contribution in [-0.2, 0) is 16.0 Å². The van der Waals surface area contributed by atoms with Gasteiger partial charge in [-0.3, -0.25) is 9.89 Å². The molecule has 0 saturated heterocycles. The van der Waals surface area contributed by atoms with E-state index in [0.29, 0.717) is 6.61 Å². The predicted molar refractivity (Wildman–Crippen MR) is 75.1 cm³/mol. The van der Waals surface area contributed by atoms with E-state index in [2.05, 4.69) is 10.2 Å². The molecule has 0 aliphatic rings. The van der Waals surface area contributed by atoms with Gasteiger partial charge in [-0.1, -0.05) is 0 Å². The van der Waals surface area contributed by atoms with Crippen molar-refractivity contribution in [3.8, 4) is 0 Å². The summed E-state index contributed by atoms with van der Waals surface area (Å²) in [6.07, 6.45) is 1.52. The molecule has 0 saturated carbocycles. The standard InChI is InChI=1S/C14H25N3O2/c1-6-19-12(4)14(18)17(5)9-7-8-13-10(2)15-16-11(13)3/h12H,6-9H2,1-5H3,(H,15,16)/t12-/m1/s1. The minimum absolute atomic E-state index is 0.0440. The average molecular weight is 267 g/mol. The van der Waals surface area contributed by atoms with Crippen molar-refractivity contribution in [2.75, 3.05) is 20.2 Å². The molecule has 0 bridgehead atoms. The molecule has 1 aromatic rings. The normalized spacial score (nSPS) is 12.5. The first kappa shape index (κ1) is 15.7. The summed E-state index contributed by atoms with van der Waals surface area (Å²) >= 11 is 0. The van der Waals surface area contributed by atoms with Gasteiger partial charge in [0.15, 0.2) is 0 Å². The molecular formula is C14H25N3O2. The molecule has 1 rings (SSSR count). The van der Waals surface area contributed by atoms with Crippen LogP contribution in [-0.4, -0.2) is 47.3 Å². The molecule has 0 aromatic carbocycles. The highest BCUT2D eigenvalue weighted by molar-refractivity contribution is 5.80. The number of carbonyl (C=O) groups excluding carboxylic acids is 1. The van der Waals surface area contributed by atoms with Gasteiger partial charge in [0.05, 0.1) is 5.69 Å². The molecule has 0 radical (unpaired) electrons. The number of carbonyl (C=O) groups is 1. The summed E-state index contributed by atoms with van der Waals surface area (Å²) in [5.74, 6) is 0.0440. The van der Waals surface area contributed by atoms with E-state index < -0.39 is 0 Å². The summed E-state index contributed by atoms with van der Waals surface area (Å²) in [4.78, 5) is 13.7. The van der Waals surface area contributed by atoms with Gasteiger partial charge in [0.25, 0.3) is 5.91 Å². The SMILES string of the molecule is CCO[C@H](C)C(=O)N(C)CCCc1c(C)n[nH]c1C. The second-order valence-electron chi connectivity index (χ2n) is 4.87. The molecule has 0 aliphatic heterocycles. The maximum Gasteiger partial charge on any atom is 0.251 e. The van der Waals surface area contributed by atoms with Crippen LogP contribution in [0.2, 0.25) is 0 Å². The third kappa shape index (κ3) is 4.35. The molecule has 108 valence electrons. The third-order valence-corrected chi connectivity index (χ3v) is 3.34. The first-order valence-electron chi connectivity index (χ1n) is 6.84. The van der Waals surface area contributed by atoms with Crippen LogP contribution in [0.5, 0.6) is 0 Å². The van der Waals surface area contributed by atoms with Crippen molar-refractivity contribution in [3.63, 3.8) is 0 Å². The summed E-state index contributed by atoms with van der Waals surface area (Å²) < 4.78 is 5.31. The van der Waals surface area contributed by atoms with Gasteiger partial charge in [-0.2, -0.15) is 5.10 Å². The zero-order chi connectivity index (χ0) is 14.4. The van der Waals surface area contributed by atoms with E-state index >= 15 is 0 Å². The second kappa shape index (κ2) is 7.28. The zero-order valence-electron chi connectivity index (χ0n) is 12.6. The summed E-state index contributed by atoms with van der Waals surface area (Å²) in [5, 5.41) is 7.16. The highest BCUT2D eigenvalue weighted by atomic mass is 16.5. The zero-order valence-corrected chi connectivity index (χ0v) is 12.6. The number of likely N-dealkylation sites (N-methyl/N-ethyl adjacent to an activating group) is 1. The van der Waals surface area contributed by atoms with Crippen LogP contribution >= 0.6 is 0 Å². The van der Waals surface area contributed by atoms with Crippen molar-refractivity contribution in [1.29, 1.82) is 0 Å². The molecule has 19 heavy (non-hydrogen) atoms. The number of nitrogens with one attached hydrogen (secondary N) is 1. The van der Waals surface area contributed by atoms with Gasteiger partial charge >= 0.3 is 0 Å². The van der Waals surface area contributed by atoms with E-state index in [1.807, 2.05) is 27.8 Å². The number of amides is 1. The summed E-state index contributed by atoms with van der Waals surface area (Å²) in [6, 6.07) is 0. The van der Waals surface area contributed by atoms with E-state index in [0.717, 1.165) is 30.8 Å². The maximum absolute atomic E-state index is 11.9. The number of aromatic nitrogens is 2. The van der Waals surface area contributed by atoms with E-state index in [9.17, 15) is 4.79 Å². The van der Waals surface area contributed by atoms with Gasteiger partial charge in [-0.05, 0) is 46.1 Å². The fourth-order valence-electron chi connectivity index (χ4n) is 2.18. The second-order valence-corrected chi connectivity index (χ2v) is 4.87. The minimum Gasteiger partial charge on any atom is -0.369 e. The van der Waals surface area contributed by atoms with Gasteiger partial charge < -0.3 is 9.64 Å². The number of nitrogens with zero attached hydrogens (tertiary/aromatic N) is 2. The van der Waals surface area contributed by atoms with Crippen LogP contribution in [0.1, 0.15) is 37.2 Å². The lowest BCUT2D eigenvalue weighted by molar-refractivity contribution is -0.141. The van der Waals surface area contributed by atoms with Gasteiger partial charge in [-0.15, -0.1) is 0 Å². The number of H-pyrrole nitrogens is 1. The molecule has 0 aliphatic carbocycles. The summed E-state index contributed by atoms with van der Waals surface area (Å²) in [5.41, 5.74) is 3.43. The lowest BCUT2D eigenvalue weighted by Crippen LogP contribution is -2.37. The number of hydrogen-bond acceptors (Lipinski definition) is 3. The molecule has 0 fully saturated rings. The third-order valence-electron chi connectivity index (χ3n) is 3.34. The lowest BCUT2D eigenvalue weighted by Gasteiger charge is -2.21. The van der Waals surface area contributed by atoms with Crippen LogP contribution in [0.15, 0.2) is 0 Å². The average Bonchev–Trinajstić information content (AvgIpc) is 2.69. The maximum atomic E-state index is 11.9. The van der Waals surface area contributed by atoms with E-state index in [-0.39, 0.29) is 12.0 Å². The van der Waals surface area contributed by atoms with Crippen LogP contribution < -0.4 is 0 Å². The predicted octanol–water partition coefficient (Wildman–Crippen LogP) is 1.84. The Kier molecular flexibility index (Phi) is 6.02. The number of rotatable bonds is 7. The van der Waals surface area contributed by atoms with Crippen molar-refractivity contribution < 1.29 is 9.53 Å². The molecule has 5 heteroatoms. The lowest BCUT2D eigenvalue weighted by atomic mass is 10.1. The molecule has 0 unspecified atom stereocenters. The van der Waals surface area contributed by atoms with Crippen LogP contribution in [0.3, 0.4) is 0 Å². The first-order chi connectivity index (χ1) is 8.97. The quantitative estimate of drug-likeness (QED) is 0.820. The molecule has 1 heterocycles. The minimum atomic E-state index is -0.354. The molecule has 1 N–H and O–H groups in total. The Morgan fingerprint density at radius 3 is 2.68 bits per heavy atom. The van der Waals surface area contributed by atoms with Crippen molar-refractivity contribution >= 4 is 5.91 Å². The fraction of sp³-hybridized carbons (Fsp3) is 0.714. The first-order valence-corrected chi connectivity index (χ1v) is 6.84. The van der Waals surface area contributed by atoms with Gasteiger partial charge in [0, 0.05) is 25.9 Å². The molecule has 0 spiro atoms. The molecule has 1 amide bonds. The van der Waals surface area contributed by atoms with Crippen LogP contribution in [0, 0.1) is 13.8 Å². The van der Waals surface area contributed by atoms with Crippen molar-refractivity contribution in [1.82, 2.24) is 15.1 Å². The molecule has 1 atom stereocenters. The highest BCUT2D eigenvalue weighted by Crippen LogP contribution is 2.12. The smallest absolute Gasteiger partial charge is 0.251 e. The van der Waals surface area contributed by atoms with Gasteiger partial charge in [0.2, 0.25) is 0 Å². The van der Waals surface area contributed by atoms with Gasteiger partial charge in [-0.25, -0.2) is 0 Å². The Balaban J connectivity index is 2.39. The van der Waals surface area contributed by atoms with Crippen LogP contribution in [0.25, 0.3) is 0 Å². The van der Waals surface area contributed by atoms with E-state index in [4.69, 9.17) is 4.74 Å². The monoisotopic (exact) mass is 267 g/mol. The Morgan fingerprint density at radius 1 is 1.47 bits per heavy atom. The summed E-state index contributed by atoms with van der Waals surface area (Å²) in [6.45, 7) is 9.03. The summed E-state index contributed by atoms with van der Waals surface area (Å²) in [7, 11) is 1.83. The highest BCUT2D eigenvalue weighted by Gasteiger charge is 2.17. The molecular weight excluding hydrogens is 242 g/mol. The topological polar surface area (TPSA) is 58.2 Å². The van der Waals surface area contributed by atoms with E-state index in [1.54, 1.807) is 11.8 Å². The number of ether oxygens (including phenoxy) is 1. The Bertz CT molecular complexity index is 395. The van der Waals surface area contributed by atoms with Crippen LogP contribution in [0.4, 0.5) is 0 Å². The molecule has 5 nitrogen and oxygen atoms in total. The van der Waals surface area contributed by atoms with Crippen molar-refractivity contribution in [3.05, 3.63) is 17.0 Å². The van der Waals surface area contributed by atoms with E-state index in [1.165, 1.54) is 5.56 Å². The largest absolute Gasteiger partial charge is 0.369 e. The number of aryl methyl sites for hydroxylation is 2. The van der Waals surface area contributed by atoms with Gasteiger partial charge in [0.1, 0.15) is 6.10 Å². The Hall–Kier alpha value is -1.36. The Morgan fingerprint density at radius 2 is 2.16 bits per heavy atom. The van der Waals surface area contributed by atoms with Crippen molar-refractivity contribution in [2.45, 2.75) is 46.6 Å². The Labute approximate surface area is 115 Å². The molecule has 1 aromatic heterocycles. The number of hydrogen-bond donors (Lipinski definition) is 1. The van der Waals surface area contributed by atoms with Crippen molar-refractivity contribution in [2.24, 2.45) is 0 Å². The number of aromatic amines is 1.